The first-order chi connectivity index (χ1) is 8.33. The molecular formula is C12H16BrFN2O2. The first-order valence-electron chi connectivity index (χ1n) is 5.51. The van der Waals surface area contributed by atoms with E-state index in [0.29, 0.717) is 10.3 Å². The lowest BCUT2D eigenvalue weighted by atomic mass is 10.2. The molecule has 0 unspecified atom stereocenters. The minimum atomic E-state index is -0.644. The quantitative estimate of drug-likeness (QED) is 0.800. The average Bonchev–Trinajstić information content (AvgIpc) is 2.25. The SMILES string of the molecule is CC(C)(C)OC(=O)N(CCF)c1ccc(Br)nc1. The molecule has 6 heteroatoms. The van der Waals surface area contributed by atoms with Crippen LogP contribution in [0.3, 0.4) is 0 Å². The molecule has 1 aromatic heterocycles. The van der Waals surface area contributed by atoms with Crippen LogP contribution in [0.5, 0.6) is 0 Å². The Morgan fingerprint density at radius 2 is 2.17 bits per heavy atom. The number of halogens is 2. The Morgan fingerprint density at radius 3 is 2.61 bits per heavy atom. The van der Waals surface area contributed by atoms with E-state index in [1.54, 1.807) is 32.9 Å². The van der Waals surface area contributed by atoms with Crippen molar-refractivity contribution in [1.29, 1.82) is 0 Å². The Bertz CT molecular complexity index is 404. The molecule has 0 aliphatic heterocycles. The van der Waals surface area contributed by atoms with Gasteiger partial charge >= 0.3 is 6.09 Å². The van der Waals surface area contributed by atoms with Crippen molar-refractivity contribution in [3.8, 4) is 0 Å². The smallest absolute Gasteiger partial charge is 0.414 e. The molecule has 0 radical (unpaired) electrons. The molecule has 0 bridgehead atoms. The summed E-state index contributed by atoms with van der Waals surface area (Å²) in [4.78, 5) is 17.2. The van der Waals surface area contributed by atoms with Gasteiger partial charge in [0.1, 0.15) is 16.9 Å². The van der Waals surface area contributed by atoms with Gasteiger partial charge in [0.05, 0.1) is 18.4 Å². The highest BCUT2D eigenvalue weighted by Crippen LogP contribution is 2.19. The standard InChI is InChI=1S/C12H16BrFN2O2/c1-12(2,3)18-11(17)16(7-6-14)9-4-5-10(13)15-8-9/h4-5,8H,6-7H2,1-3H3. The van der Waals surface area contributed by atoms with Crippen LogP contribution >= 0.6 is 15.9 Å². The third kappa shape index (κ3) is 4.60. The lowest BCUT2D eigenvalue weighted by Crippen LogP contribution is -2.38. The summed E-state index contributed by atoms with van der Waals surface area (Å²) in [5.41, 5.74) is -0.112. The Hall–Kier alpha value is -1.17. The number of rotatable bonds is 3. The molecule has 0 fully saturated rings. The second-order valence-corrected chi connectivity index (χ2v) is 5.47. The molecular weight excluding hydrogens is 303 g/mol. The van der Waals surface area contributed by atoms with Crippen LogP contribution in [0.25, 0.3) is 0 Å². The maximum atomic E-state index is 12.5. The molecule has 0 aromatic carbocycles. The van der Waals surface area contributed by atoms with Gasteiger partial charge in [-0.3, -0.25) is 4.90 Å². The van der Waals surface area contributed by atoms with Gasteiger partial charge in [-0.2, -0.15) is 0 Å². The highest BCUT2D eigenvalue weighted by molar-refractivity contribution is 9.10. The van der Waals surface area contributed by atoms with Crippen LogP contribution in [0.2, 0.25) is 0 Å². The Balaban J connectivity index is 2.88. The molecule has 100 valence electrons. The van der Waals surface area contributed by atoms with E-state index in [1.165, 1.54) is 11.1 Å². The van der Waals surface area contributed by atoms with E-state index < -0.39 is 18.4 Å². The minimum absolute atomic E-state index is 0.0573. The number of aromatic nitrogens is 1. The molecule has 0 spiro atoms. The van der Waals surface area contributed by atoms with Crippen molar-refractivity contribution in [2.75, 3.05) is 18.1 Å². The number of carbonyl (C=O) groups excluding carboxylic acids is 1. The molecule has 0 saturated heterocycles. The van der Waals surface area contributed by atoms with Crippen LogP contribution in [-0.4, -0.2) is 29.9 Å². The summed E-state index contributed by atoms with van der Waals surface area (Å²) < 4.78 is 18.4. The second kappa shape index (κ2) is 6.13. The highest BCUT2D eigenvalue weighted by atomic mass is 79.9. The van der Waals surface area contributed by atoms with Gasteiger partial charge in [0, 0.05) is 0 Å². The first-order valence-corrected chi connectivity index (χ1v) is 6.31. The lowest BCUT2D eigenvalue weighted by molar-refractivity contribution is 0.0578. The van der Waals surface area contributed by atoms with Crippen LogP contribution in [-0.2, 0) is 4.74 Å². The summed E-state index contributed by atoms with van der Waals surface area (Å²) in [6.07, 6.45) is 0.910. The number of ether oxygens (including phenoxy) is 1. The minimum Gasteiger partial charge on any atom is -0.443 e. The van der Waals surface area contributed by atoms with Gasteiger partial charge in [-0.1, -0.05) is 0 Å². The lowest BCUT2D eigenvalue weighted by Gasteiger charge is -2.26. The first kappa shape index (κ1) is 14.9. The van der Waals surface area contributed by atoms with Crippen LogP contribution in [0, 0.1) is 0 Å². The van der Waals surface area contributed by atoms with E-state index in [-0.39, 0.29) is 6.54 Å². The Morgan fingerprint density at radius 1 is 1.50 bits per heavy atom. The normalized spacial score (nSPS) is 11.2. The zero-order valence-corrected chi connectivity index (χ0v) is 12.2. The van der Waals surface area contributed by atoms with E-state index in [0.717, 1.165) is 0 Å². The third-order valence-electron chi connectivity index (χ3n) is 1.95. The number of amides is 1. The van der Waals surface area contributed by atoms with Crippen molar-refractivity contribution in [2.24, 2.45) is 0 Å². The third-order valence-corrected chi connectivity index (χ3v) is 2.41. The molecule has 1 heterocycles. The second-order valence-electron chi connectivity index (χ2n) is 4.66. The zero-order chi connectivity index (χ0) is 13.8. The van der Waals surface area contributed by atoms with Crippen LogP contribution < -0.4 is 4.90 Å². The molecule has 0 saturated carbocycles. The molecule has 1 rings (SSSR count). The van der Waals surface area contributed by atoms with Gasteiger partial charge in [-0.15, -0.1) is 0 Å². The van der Waals surface area contributed by atoms with Crippen molar-refractivity contribution >= 4 is 27.7 Å². The fourth-order valence-electron chi connectivity index (χ4n) is 1.26. The van der Waals surface area contributed by atoms with Gasteiger partial charge in [0.15, 0.2) is 0 Å². The molecule has 0 aliphatic rings. The number of alkyl halides is 1. The number of carbonyl (C=O) groups is 1. The van der Waals surface area contributed by atoms with E-state index in [2.05, 4.69) is 20.9 Å². The van der Waals surface area contributed by atoms with Crippen molar-refractivity contribution < 1.29 is 13.9 Å². The monoisotopic (exact) mass is 318 g/mol. The van der Waals surface area contributed by atoms with E-state index >= 15 is 0 Å². The van der Waals surface area contributed by atoms with Gasteiger partial charge in [-0.25, -0.2) is 14.2 Å². The number of pyridine rings is 1. The molecule has 0 atom stereocenters. The summed E-state index contributed by atoms with van der Waals surface area (Å²) in [7, 11) is 0. The predicted octanol–water partition coefficient (Wildman–Crippen LogP) is 3.56. The molecule has 0 N–H and O–H groups in total. The highest BCUT2D eigenvalue weighted by Gasteiger charge is 2.23. The van der Waals surface area contributed by atoms with Gasteiger partial charge < -0.3 is 4.74 Å². The summed E-state index contributed by atoms with van der Waals surface area (Å²) in [5, 5.41) is 0. The van der Waals surface area contributed by atoms with Crippen molar-refractivity contribution in [3.05, 3.63) is 22.9 Å². The van der Waals surface area contributed by atoms with Crippen LogP contribution in [0.1, 0.15) is 20.8 Å². The van der Waals surface area contributed by atoms with Crippen molar-refractivity contribution in [3.63, 3.8) is 0 Å². The summed E-state index contributed by atoms with van der Waals surface area (Å²) in [6, 6.07) is 3.36. The zero-order valence-electron chi connectivity index (χ0n) is 10.6. The Kier molecular flexibility index (Phi) is 5.07. The van der Waals surface area contributed by atoms with Gasteiger partial charge in [-0.05, 0) is 48.8 Å². The number of anilines is 1. The van der Waals surface area contributed by atoms with Crippen LogP contribution in [0.15, 0.2) is 22.9 Å². The number of hydrogen-bond acceptors (Lipinski definition) is 3. The summed E-state index contributed by atoms with van der Waals surface area (Å²) in [5.74, 6) is 0. The average molecular weight is 319 g/mol. The molecule has 18 heavy (non-hydrogen) atoms. The largest absolute Gasteiger partial charge is 0.443 e. The molecule has 1 aromatic rings. The van der Waals surface area contributed by atoms with Crippen LogP contribution in [0.4, 0.5) is 14.9 Å². The summed E-state index contributed by atoms with van der Waals surface area (Å²) >= 11 is 3.20. The topological polar surface area (TPSA) is 42.4 Å². The van der Waals surface area contributed by atoms with Gasteiger partial charge in [0.2, 0.25) is 0 Å². The van der Waals surface area contributed by atoms with E-state index in [4.69, 9.17) is 4.74 Å². The maximum Gasteiger partial charge on any atom is 0.414 e. The fourth-order valence-corrected chi connectivity index (χ4v) is 1.49. The molecule has 0 aliphatic carbocycles. The van der Waals surface area contributed by atoms with Gasteiger partial charge in [0.25, 0.3) is 0 Å². The number of hydrogen-bond donors (Lipinski definition) is 0. The van der Waals surface area contributed by atoms with Crippen molar-refractivity contribution in [2.45, 2.75) is 26.4 Å². The van der Waals surface area contributed by atoms with Crippen molar-refractivity contribution in [1.82, 2.24) is 4.98 Å². The number of nitrogens with zero attached hydrogens (tertiary/aromatic N) is 2. The molecule has 1 amide bonds. The summed E-state index contributed by atoms with van der Waals surface area (Å²) in [6.45, 7) is 4.59. The fraction of sp³-hybridized carbons (Fsp3) is 0.500. The van der Waals surface area contributed by atoms with E-state index in [9.17, 15) is 9.18 Å². The van der Waals surface area contributed by atoms with E-state index in [1.807, 2.05) is 0 Å². The molecule has 4 nitrogen and oxygen atoms in total. The predicted molar refractivity (Wildman–Crippen MR) is 71.5 cm³/mol. The Labute approximate surface area is 114 Å². The maximum absolute atomic E-state index is 12.5.